The molecule has 0 atom stereocenters. The summed E-state index contributed by atoms with van der Waals surface area (Å²) < 4.78 is 0. The van der Waals surface area contributed by atoms with Crippen LogP contribution in [0.5, 0.6) is 0 Å². The van der Waals surface area contributed by atoms with Gasteiger partial charge >= 0.3 is 0 Å². The molecule has 0 amide bonds. The average Bonchev–Trinajstić information content (AvgIpc) is 2.52. The Hall–Kier alpha value is -1.84. The van der Waals surface area contributed by atoms with E-state index >= 15 is 0 Å². The van der Waals surface area contributed by atoms with Crippen molar-refractivity contribution in [3.8, 4) is 0 Å². The SMILES string of the molecule is Cc1cc(CSc2cccc(CO)c2)c2ccccc2n1. The minimum absolute atomic E-state index is 0.0890. The minimum Gasteiger partial charge on any atom is -0.392 e. The lowest BCUT2D eigenvalue weighted by atomic mass is 10.1. The van der Waals surface area contributed by atoms with Crippen molar-refractivity contribution in [2.45, 2.75) is 24.2 Å². The number of benzene rings is 2. The van der Waals surface area contributed by atoms with E-state index in [0.717, 1.165) is 22.5 Å². The number of aliphatic hydroxyl groups is 1. The second kappa shape index (κ2) is 6.29. The molecule has 0 saturated heterocycles. The molecule has 106 valence electrons. The van der Waals surface area contributed by atoms with Crippen molar-refractivity contribution >= 4 is 22.7 Å². The number of para-hydroxylation sites is 1. The third-order valence-electron chi connectivity index (χ3n) is 3.41. The van der Waals surface area contributed by atoms with Crippen molar-refractivity contribution in [3.63, 3.8) is 0 Å². The van der Waals surface area contributed by atoms with Crippen molar-refractivity contribution in [2.24, 2.45) is 0 Å². The van der Waals surface area contributed by atoms with Gasteiger partial charge in [0.25, 0.3) is 0 Å². The van der Waals surface area contributed by atoms with Crippen LogP contribution in [-0.4, -0.2) is 10.1 Å². The summed E-state index contributed by atoms with van der Waals surface area (Å²) in [5.74, 6) is 0.902. The average molecular weight is 295 g/mol. The standard InChI is InChI=1S/C18H17NOS/c1-13-9-15(17-7-2-3-8-18(17)19-13)12-21-16-6-4-5-14(10-16)11-20/h2-10,20H,11-12H2,1H3. The molecule has 2 aromatic carbocycles. The smallest absolute Gasteiger partial charge is 0.0708 e. The van der Waals surface area contributed by atoms with E-state index in [-0.39, 0.29) is 6.61 Å². The summed E-state index contributed by atoms with van der Waals surface area (Å²) in [4.78, 5) is 5.76. The van der Waals surface area contributed by atoms with Crippen LogP contribution in [0.3, 0.4) is 0 Å². The van der Waals surface area contributed by atoms with E-state index in [1.54, 1.807) is 11.8 Å². The van der Waals surface area contributed by atoms with Gasteiger partial charge in [-0.15, -0.1) is 11.8 Å². The van der Waals surface area contributed by atoms with Gasteiger partial charge in [0.15, 0.2) is 0 Å². The first kappa shape index (κ1) is 14.1. The lowest BCUT2D eigenvalue weighted by molar-refractivity contribution is 0.281. The number of aliphatic hydroxyl groups excluding tert-OH is 1. The predicted molar refractivity (Wildman–Crippen MR) is 88.4 cm³/mol. The van der Waals surface area contributed by atoms with Gasteiger partial charge in [0.1, 0.15) is 0 Å². The number of rotatable bonds is 4. The van der Waals surface area contributed by atoms with Crippen molar-refractivity contribution in [3.05, 3.63) is 71.4 Å². The van der Waals surface area contributed by atoms with Crippen molar-refractivity contribution in [1.29, 1.82) is 0 Å². The van der Waals surface area contributed by atoms with E-state index in [0.29, 0.717) is 0 Å². The largest absolute Gasteiger partial charge is 0.392 e. The minimum atomic E-state index is 0.0890. The Balaban J connectivity index is 1.87. The molecule has 0 fully saturated rings. The molecule has 0 radical (unpaired) electrons. The summed E-state index contributed by atoms with van der Waals surface area (Å²) in [5, 5.41) is 10.4. The molecule has 1 heterocycles. The summed E-state index contributed by atoms with van der Waals surface area (Å²) in [7, 11) is 0. The fourth-order valence-corrected chi connectivity index (χ4v) is 3.38. The first-order valence-electron chi connectivity index (χ1n) is 6.94. The Bertz CT molecular complexity index is 770. The van der Waals surface area contributed by atoms with E-state index in [9.17, 15) is 5.11 Å². The van der Waals surface area contributed by atoms with E-state index < -0.39 is 0 Å². The molecule has 3 rings (SSSR count). The van der Waals surface area contributed by atoms with E-state index in [1.165, 1.54) is 15.8 Å². The van der Waals surface area contributed by atoms with Gasteiger partial charge in [-0.3, -0.25) is 4.98 Å². The molecule has 3 heteroatoms. The number of hydrogen-bond donors (Lipinski definition) is 1. The van der Waals surface area contributed by atoms with Crippen molar-refractivity contribution in [1.82, 2.24) is 4.98 Å². The quantitative estimate of drug-likeness (QED) is 0.727. The van der Waals surface area contributed by atoms with Crippen LogP contribution in [0.2, 0.25) is 0 Å². The molecule has 0 aliphatic heterocycles. The summed E-state index contributed by atoms with van der Waals surface area (Å²) in [6, 6.07) is 18.5. The number of pyridine rings is 1. The second-order valence-corrected chi connectivity index (χ2v) is 6.08. The molecule has 21 heavy (non-hydrogen) atoms. The Morgan fingerprint density at radius 1 is 1.05 bits per heavy atom. The Morgan fingerprint density at radius 3 is 2.76 bits per heavy atom. The van der Waals surface area contributed by atoms with Crippen LogP contribution >= 0.6 is 11.8 Å². The van der Waals surface area contributed by atoms with Crippen LogP contribution in [0, 0.1) is 6.92 Å². The van der Waals surface area contributed by atoms with Gasteiger partial charge in [-0.2, -0.15) is 0 Å². The van der Waals surface area contributed by atoms with Crippen LogP contribution in [0.1, 0.15) is 16.8 Å². The Labute approximate surface area is 128 Å². The zero-order chi connectivity index (χ0) is 14.7. The van der Waals surface area contributed by atoms with Gasteiger partial charge in [-0.25, -0.2) is 0 Å². The van der Waals surface area contributed by atoms with Gasteiger partial charge in [0.2, 0.25) is 0 Å². The maximum absolute atomic E-state index is 9.21. The Morgan fingerprint density at radius 2 is 1.90 bits per heavy atom. The normalized spacial score (nSPS) is 11.0. The van der Waals surface area contributed by atoms with E-state index in [2.05, 4.69) is 35.3 Å². The molecule has 0 bridgehead atoms. The molecule has 0 aliphatic carbocycles. The zero-order valence-corrected chi connectivity index (χ0v) is 12.7. The highest BCUT2D eigenvalue weighted by Crippen LogP contribution is 2.27. The highest BCUT2D eigenvalue weighted by molar-refractivity contribution is 7.98. The van der Waals surface area contributed by atoms with Gasteiger partial charge < -0.3 is 5.11 Å². The van der Waals surface area contributed by atoms with Crippen LogP contribution in [-0.2, 0) is 12.4 Å². The number of nitrogens with zero attached hydrogens (tertiary/aromatic N) is 1. The highest BCUT2D eigenvalue weighted by Gasteiger charge is 2.05. The van der Waals surface area contributed by atoms with E-state index in [4.69, 9.17) is 0 Å². The lowest BCUT2D eigenvalue weighted by Gasteiger charge is -2.08. The molecule has 1 aromatic heterocycles. The Kier molecular flexibility index (Phi) is 4.23. The molecular formula is C18H17NOS. The fourth-order valence-electron chi connectivity index (χ4n) is 2.41. The van der Waals surface area contributed by atoms with Crippen molar-refractivity contribution in [2.75, 3.05) is 0 Å². The van der Waals surface area contributed by atoms with Crippen molar-refractivity contribution < 1.29 is 5.11 Å². The van der Waals surface area contributed by atoms with Gasteiger partial charge in [0.05, 0.1) is 12.1 Å². The number of hydrogen-bond acceptors (Lipinski definition) is 3. The molecule has 0 unspecified atom stereocenters. The molecule has 0 spiro atoms. The summed E-state index contributed by atoms with van der Waals surface area (Å²) in [5.41, 5.74) is 4.36. The maximum Gasteiger partial charge on any atom is 0.0708 e. The van der Waals surface area contributed by atoms with Gasteiger partial charge in [-0.1, -0.05) is 30.3 Å². The number of fused-ring (bicyclic) bond motifs is 1. The predicted octanol–water partition coefficient (Wildman–Crippen LogP) is 4.33. The molecule has 3 aromatic rings. The lowest BCUT2D eigenvalue weighted by Crippen LogP contribution is -1.91. The number of aromatic nitrogens is 1. The number of thioether (sulfide) groups is 1. The zero-order valence-electron chi connectivity index (χ0n) is 11.9. The molecule has 1 N–H and O–H groups in total. The summed E-state index contributed by atoms with van der Waals surface area (Å²) >= 11 is 1.79. The summed E-state index contributed by atoms with van der Waals surface area (Å²) in [6.45, 7) is 2.12. The summed E-state index contributed by atoms with van der Waals surface area (Å²) in [6.07, 6.45) is 0. The van der Waals surface area contributed by atoms with Crippen LogP contribution in [0.4, 0.5) is 0 Å². The van der Waals surface area contributed by atoms with Gasteiger partial charge in [0, 0.05) is 21.7 Å². The van der Waals surface area contributed by atoms with Crippen LogP contribution in [0.25, 0.3) is 10.9 Å². The van der Waals surface area contributed by atoms with Gasteiger partial charge in [-0.05, 0) is 42.3 Å². The maximum atomic E-state index is 9.21. The fraction of sp³-hybridized carbons (Fsp3) is 0.167. The third-order valence-corrected chi connectivity index (χ3v) is 4.45. The topological polar surface area (TPSA) is 33.1 Å². The molecule has 2 nitrogen and oxygen atoms in total. The van der Waals surface area contributed by atoms with Crippen LogP contribution in [0.15, 0.2) is 59.5 Å². The van der Waals surface area contributed by atoms with Crippen LogP contribution < -0.4 is 0 Å². The first-order valence-corrected chi connectivity index (χ1v) is 7.93. The highest BCUT2D eigenvalue weighted by atomic mass is 32.2. The number of aryl methyl sites for hydroxylation is 1. The third kappa shape index (κ3) is 3.26. The second-order valence-electron chi connectivity index (χ2n) is 5.03. The monoisotopic (exact) mass is 295 g/mol. The first-order chi connectivity index (χ1) is 10.3. The van der Waals surface area contributed by atoms with E-state index in [1.807, 2.05) is 31.2 Å². The molecule has 0 aliphatic rings. The molecule has 0 saturated carbocycles. The molecular weight excluding hydrogens is 278 g/mol.